The number of hydrogen-bond donors (Lipinski definition) is 1. The Labute approximate surface area is 174 Å². The van der Waals surface area contributed by atoms with Gasteiger partial charge in [0.05, 0.1) is 38.5 Å². The van der Waals surface area contributed by atoms with Gasteiger partial charge in [0.2, 0.25) is 5.91 Å². The van der Waals surface area contributed by atoms with Gasteiger partial charge in [-0.05, 0) is 25.9 Å². The molecule has 0 bridgehead atoms. The van der Waals surface area contributed by atoms with E-state index in [0.29, 0.717) is 13.2 Å². The molecule has 0 unspecified atom stereocenters. The number of ether oxygens (including phenoxy) is 1. The maximum absolute atomic E-state index is 14.1. The third kappa shape index (κ3) is 6.18. The topological polar surface area (TPSA) is 92.6 Å². The van der Waals surface area contributed by atoms with Gasteiger partial charge in [0.1, 0.15) is 0 Å². The summed E-state index contributed by atoms with van der Waals surface area (Å²) in [5.41, 5.74) is 0.0957. The molecule has 9 nitrogen and oxygen atoms in total. The van der Waals surface area contributed by atoms with Crippen LogP contribution in [0.4, 0.5) is 8.78 Å². The quantitative estimate of drug-likeness (QED) is 0.615. The van der Waals surface area contributed by atoms with Gasteiger partial charge in [-0.1, -0.05) is 18.1 Å². The maximum Gasteiger partial charge on any atom is 0.273 e. The van der Waals surface area contributed by atoms with Crippen molar-refractivity contribution in [3.8, 4) is 0 Å². The zero-order chi connectivity index (χ0) is 21.6. The lowest BCUT2D eigenvalue weighted by Crippen LogP contribution is -2.45. The number of aromatic nitrogens is 3. The molecule has 2 aliphatic rings. The Bertz CT molecular complexity index is 721. The molecular weight excluding hydrogens is 398 g/mol. The van der Waals surface area contributed by atoms with Crippen LogP contribution in [-0.4, -0.2) is 95.0 Å². The molecule has 1 N–H and O–H groups in total. The van der Waals surface area contributed by atoms with E-state index < -0.39 is 30.8 Å². The minimum absolute atomic E-state index is 0.0691. The van der Waals surface area contributed by atoms with Crippen molar-refractivity contribution in [2.24, 2.45) is 0 Å². The highest BCUT2D eigenvalue weighted by molar-refractivity contribution is 5.91. The van der Waals surface area contributed by atoms with E-state index in [4.69, 9.17) is 4.74 Å². The monoisotopic (exact) mass is 428 g/mol. The molecular formula is C19H30F2N6O3. The van der Waals surface area contributed by atoms with Gasteiger partial charge in [0.15, 0.2) is 5.69 Å². The first kappa shape index (κ1) is 22.5. The van der Waals surface area contributed by atoms with Crippen LogP contribution in [0.2, 0.25) is 0 Å². The summed E-state index contributed by atoms with van der Waals surface area (Å²) in [5.74, 6) is -3.62. The molecule has 0 spiro atoms. The summed E-state index contributed by atoms with van der Waals surface area (Å²) in [5, 5.41) is 10.3. The van der Waals surface area contributed by atoms with Gasteiger partial charge >= 0.3 is 0 Å². The van der Waals surface area contributed by atoms with E-state index in [1.807, 2.05) is 0 Å². The van der Waals surface area contributed by atoms with Crippen molar-refractivity contribution in [3.63, 3.8) is 0 Å². The van der Waals surface area contributed by atoms with E-state index in [2.05, 4.69) is 20.5 Å². The molecule has 2 fully saturated rings. The summed E-state index contributed by atoms with van der Waals surface area (Å²) in [6.45, 7) is 2.00. The van der Waals surface area contributed by atoms with Gasteiger partial charge < -0.3 is 15.0 Å². The summed E-state index contributed by atoms with van der Waals surface area (Å²) in [7, 11) is 1.53. The van der Waals surface area contributed by atoms with E-state index in [9.17, 15) is 18.4 Å². The molecule has 2 aliphatic heterocycles. The Morgan fingerprint density at radius 1 is 1.27 bits per heavy atom. The lowest BCUT2D eigenvalue weighted by Gasteiger charge is -2.27. The van der Waals surface area contributed by atoms with Crippen molar-refractivity contribution in [1.29, 1.82) is 0 Å². The highest BCUT2D eigenvalue weighted by atomic mass is 19.3. The summed E-state index contributed by atoms with van der Waals surface area (Å²) < 4.78 is 34.5. The first-order valence-electron chi connectivity index (χ1n) is 10.4. The van der Waals surface area contributed by atoms with Gasteiger partial charge in [-0.3, -0.25) is 14.5 Å². The van der Waals surface area contributed by atoms with Crippen LogP contribution >= 0.6 is 0 Å². The molecule has 0 aliphatic carbocycles. The van der Waals surface area contributed by atoms with Crippen molar-refractivity contribution < 1.29 is 23.1 Å². The van der Waals surface area contributed by atoms with E-state index in [1.54, 1.807) is 0 Å². The van der Waals surface area contributed by atoms with Crippen molar-refractivity contribution in [2.75, 3.05) is 46.4 Å². The van der Waals surface area contributed by atoms with E-state index in [0.717, 1.165) is 38.8 Å². The molecule has 3 rings (SSSR count). The fraction of sp³-hybridized carbons (Fsp3) is 0.789. The largest absolute Gasteiger partial charge is 0.383 e. The van der Waals surface area contributed by atoms with Crippen LogP contribution in [0.15, 0.2) is 6.20 Å². The summed E-state index contributed by atoms with van der Waals surface area (Å²) in [6.07, 6.45) is 5.33. The molecule has 3 heterocycles. The third-order valence-electron chi connectivity index (χ3n) is 5.52. The van der Waals surface area contributed by atoms with Crippen molar-refractivity contribution in [2.45, 2.75) is 50.6 Å². The minimum Gasteiger partial charge on any atom is -0.383 e. The maximum atomic E-state index is 14.1. The molecule has 1 aromatic rings. The Balaban J connectivity index is 1.60. The number of alkyl halides is 2. The molecule has 0 saturated carbocycles. The van der Waals surface area contributed by atoms with Gasteiger partial charge in [0.25, 0.3) is 11.8 Å². The molecule has 2 saturated heterocycles. The third-order valence-corrected chi connectivity index (χ3v) is 5.52. The lowest BCUT2D eigenvalue weighted by atomic mass is 10.2. The lowest BCUT2D eigenvalue weighted by molar-refractivity contribution is -0.134. The first-order chi connectivity index (χ1) is 14.4. The minimum atomic E-state index is -2.93. The van der Waals surface area contributed by atoms with Crippen molar-refractivity contribution >= 4 is 11.8 Å². The number of methoxy groups -OCH3 is 1. The molecule has 1 aromatic heterocycles. The van der Waals surface area contributed by atoms with Crippen molar-refractivity contribution in [1.82, 2.24) is 30.1 Å². The van der Waals surface area contributed by atoms with E-state index in [-0.39, 0.29) is 24.7 Å². The fourth-order valence-corrected chi connectivity index (χ4v) is 3.99. The number of likely N-dealkylation sites (tertiary alicyclic amines) is 2. The standard InChI is InChI=1S/C19H30F2N6O3/c1-30-9-6-22-18(29)16-12-26(24-23-16)11-15-10-19(20,21)14-27(15)17(28)13-25-7-4-2-3-5-8-25/h12,15H,2-11,13-14H2,1H3,(H,22,29)/t15-/m0/s1. The number of hydrogen-bond acceptors (Lipinski definition) is 6. The van der Waals surface area contributed by atoms with Crippen LogP contribution in [0, 0.1) is 0 Å². The van der Waals surface area contributed by atoms with Crippen molar-refractivity contribution in [3.05, 3.63) is 11.9 Å². The zero-order valence-corrected chi connectivity index (χ0v) is 17.4. The number of carbonyl (C=O) groups excluding carboxylic acids is 2. The van der Waals surface area contributed by atoms with Crippen LogP contribution in [0.1, 0.15) is 42.6 Å². The van der Waals surface area contributed by atoms with Crippen LogP contribution < -0.4 is 5.32 Å². The Hall–Kier alpha value is -2.14. The summed E-state index contributed by atoms with van der Waals surface area (Å²) in [6, 6.07) is -0.689. The Morgan fingerprint density at radius 3 is 2.70 bits per heavy atom. The highest BCUT2D eigenvalue weighted by Gasteiger charge is 2.47. The van der Waals surface area contributed by atoms with Gasteiger partial charge in [-0.2, -0.15) is 0 Å². The predicted molar refractivity (Wildman–Crippen MR) is 104 cm³/mol. The number of nitrogens with zero attached hydrogens (tertiary/aromatic N) is 5. The molecule has 1 atom stereocenters. The van der Waals surface area contributed by atoms with Gasteiger partial charge in [0, 0.05) is 20.1 Å². The van der Waals surface area contributed by atoms with E-state index in [1.165, 1.54) is 22.9 Å². The SMILES string of the molecule is COCCNC(=O)c1cn(C[C@@H]2CC(F)(F)CN2C(=O)CN2CCCCCC2)nn1. The van der Waals surface area contributed by atoms with Crippen LogP contribution in [0.5, 0.6) is 0 Å². The molecule has 2 amide bonds. The average molecular weight is 428 g/mol. The molecule has 168 valence electrons. The van der Waals surface area contributed by atoms with E-state index >= 15 is 0 Å². The van der Waals surface area contributed by atoms with Gasteiger partial charge in [-0.15, -0.1) is 5.10 Å². The second-order valence-electron chi connectivity index (χ2n) is 8.00. The molecule has 11 heteroatoms. The van der Waals surface area contributed by atoms with Crippen LogP contribution in [0.25, 0.3) is 0 Å². The molecule has 30 heavy (non-hydrogen) atoms. The zero-order valence-electron chi connectivity index (χ0n) is 17.4. The summed E-state index contributed by atoms with van der Waals surface area (Å²) in [4.78, 5) is 28.2. The normalized spacial score (nSPS) is 22.1. The highest BCUT2D eigenvalue weighted by Crippen LogP contribution is 2.33. The first-order valence-corrected chi connectivity index (χ1v) is 10.4. The Kier molecular flexibility index (Phi) is 7.70. The number of rotatable bonds is 8. The number of halogens is 2. The van der Waals surface area contributed by atoms with Crippen LogP contribution in [-0.2, 0) is 16.1 Å². The average Bonchev–Trinajstić information content (AvgIpc) is 3.18. The second kappa shape index (κ2) is 10.3. The Morgan fingerprint density at radius 2 is 2.00 bits per heavy atom. The van der Waals surface area contributed by atoms with Gasteiger partial charge in [-0.25, -0.2) is 13.5 Å². The predicted octanol–water partition coefficient (Wildman–Crippen LogP) is 0.767. The second-order valence-corrected chi connectivity index (χ2v) is 8.00. The number of nitrogens with one attached hydrogen (secondary N) is 1. The fourth-order valence-electron chi connectivity index (χ4n) is 3.99. The number of amides is 2. The summed E-state index contributed by atoms with van der Waals surface area (Å²) >= 11 is 0. The molecule has 0 radical (unpaired) electrons. The number of carbonyl (C=O) groups is 2. The molecule has 0 aromatic carbocycles. The van der Waals surface area contributed by atoms with Crippen LogP contribution in [0.3, 0.4) is 0 Å². The smallest absolute Gasteiger partial charge is 0.273 e.